The van der Waals surface area contributed by atoms with Crippen molar-refractivity contribution in [3.63, 3.8) is 0 Å². The number of hydrogen-bond acceptors (Lipinski definition) is 8. The zero-order valence-electron chi connectivity index (χ0n) is 18.4. The van der Waals surface area contributed by atoms with Gasteiger partial charge < -0.3 is 21.2 Å². The van der Waals surface area contributed by atoms with E-state index in [1.807, 2.05) is 0 Å². The number of aromatic nitrogens is 5. The molecule has 0 radical (unpaired) electrons. The van der Waals surface area contributed by atoms with Crippen LogP contribution >= 0.6 is 11.3 Å². The molecule has 12 nitrogen and oxygen atoms in total. The molecule has 0 aliphatic heterocycles. The number of primary amides is 1. The number of halogens is 2. The fourth-order valence-electron chi connectivity index (χ4n) is 3.59. The number of fused-ring (bicyclic) bond motifs is 1. The van der Waals surface area contributed by atoms with Gasteiger partial charge in [-0.15, -0.1) is 11.3 Å². The summed E-state index contributed by atoms with van der Waals surface area (Å²) in [6, 6.07) is 2.40. The number of nitrogens with two attached hydrogens (primary N) is 1. The van der Waals surface area contributed by atoms with Gasteiger partial charge in [-0.05, 0) is 23.5 Å². The Morgan fingerprint density at radius 1 is 1.31 bits per heavy atom. The van der Waals surface area contributed by atoms with Gasteiger partial charge in [0.1, 0.15) is 15.4 Å². The van der Waals surface area contributed by atoms with E-state index in [4.69, 9.17) is 5.73 Å². The summed E-state index contributed by atoms with van der Waals surface area (Å²) in [5.74, 6) is -1.77. The van der Waals surface area contributed by atoms with Crippen LogP contribution in [0.1, 0.15) is 33.9 Å². The molecule has 182 valence electrons. The first-order valence-electron chi connectivity index (χ1n) is 10.1. The smallest absolute Gasteiger partial charge is 0.365 e. The van der Waals surface area contributed by atoms with Crippen molar-refractivity contribution in [3.8, 4) is 11.1 Å². The minimum absolute atomic E-state index is 0.0238. The monoisotopic (exact) mass is 504 g/mol. The standard InChI is InChI=1S/C20H18F2N8O4S/c1-9-11(8-28(2)26-9)10-7-12(18(21)22)24-20-15(10)16(17(35-20)19(23)32)25-14(31)4-6-29-5-3-13(27-29)30(33)34/h3,5,7-8,18H,4,6H2,1-2H3,(H2,23,32)(H,25,31). The minimum atomic E-state index is -2.87. The Hall–Kier alpha value is -4.27. The van der Waals surface area contributed by atoms with Gasteiger partial charge in [-0.3, -0.25) is 14.3 Å². The number of nitrogens with zero attached hydrogens (tertiary/aromatic N) is 6. The molecule has 0 aliphatic carbocycles. The Kier molecular flexibility index (Phi) is 6.26. The predicted molar refractivity (Wildman–Crippen MR) is 122 cm³/mol. The van der Waals surface area contributed by atoms with Crippen molar-refractivity contribution in [2.75, 3.05) is 5.32 Å². The molecule has 0 unspecified atom stereocenters. The second kappa shape index (κ2) is 9.17. The lowest BCUT2D eigenvalue weighted by atomic mass is 10.0. The quantitative estimate of drug-likeness (QED) is 0.275. The summed E-state index contributed by atoms with van der Waals surface area (Å²) >= 11 is 0.795. The van der Waals surface area contributed by atoms with E-state index in [2.05, 4.69) is 20.5 Å². The first-order valence-corrected chi connectivity index (χ1v) is 10.9. The van der Waals surface area contributed by atoms with Crippen LogP contribution in [-0.2, 0) is 18.4 Å². The lowest BCUT2D eigenvalue weighted by Gasteiger charge is -2.10. The molecule has 4 rings (SSSR count). The van der Waals surface area contributed by atoms with Gasteiger partial charge in [-0.1, -0.05) is 0 Å². The molecule has 4 heterocycles. The van der Waals surface area contributed by atoms with E-state index in [1.165, 1.54) is 27.7 Å². The minimum Gasteiger partial charge on any atom is -0.365 e. The first kappa shape index (κ1) is 23.9. The number of aryl methyl sites for hydroxylation is 3. The van der Waals surface area contributed by atoms with Crippen LogP contribution in [0.15, 0.2) is 24.5 Å². The lowest BCUT2D eigenvalue weighted by molar-refractivity contribution is -0.389. The summed E-state index contributed by atoms with van der Waals surface area (Å²) in [4.78, 5) is 39.1. The highest BCUT2D eigenvalue weighted by Crippen LogP contribution is 2.43. The van der Waals surface area contributed by atoms with E-state index in [-0.39, 0.29) is 39.6 Å². The number of thiophene rings is 1. The second-order valence-electron chi connectivity index (χ2n) is 7.54. The van der Waals surface area contributed by atoms with Crippen molar-refractivity contribution in [3.05, 3.63) is 50.9 Å². The Labute approximate surface area is 199 Å². The van der Waals surface area contributed by atoms with E-state index in [1.54, 1.807) is 20.2 Å². The highest BCUT2D eigenvalue weighted by molar-refractivity contribution is 7.21. The summed E-state index contributed by atoms with van der Waals surface area (Å²) in [7, 11) is 1.67. The van der Waals surface area contributed by atoms with Gasteiger partial charge in [0.2, 0.25) is 5.91 Å². The molecular weight excluding hydrogens is 486 g/mol. The fourth-order valence-corrected chi connectivity index (χ4v) is 4.60. The maximum Gasteiger partial charge on any atom is 0.389 e. The molecule has 3 N–H and O–H groups in total. The molecule has 15 heteroatoms. The summed E-state index contributed by atoms with van der Waals surface area (Å²) in [6.45, 7) is 1.72. The maximum atomic E-state index is 13.6. The predicted octanol–water partition coefficient (Wildman–Crippen LogP) is 3.18. The molecule has 0 spiro atoms. The highest BCUT2D eigenvalue weighted by Gasteiger charge is 2.26. The Morgan fingerprint density at radius 3 is 2.63 bits per heavy atom. The summed E-state index contributed by atoms with van der Waals surface area (Å²) in [6.07, 6.45) is -0.0142. The lowest BCUT2D eigenvalue weighted by Crippen LogP contribution is -2.18. The number of pyridine rings is 1. The summed E-state index contributed by atoms with van der Waals surface area (Å²) in [5, 5.41) is 21.7. The van der Waals surface area contributed by atoms with Crippen molar-refractivity contribution < 1.29 is 23.3 Å². The van der Waals surface area contributed by atoms with Gasteiger partial charge in [-0.25, -0.2) is 13.8 Å². The largest absolute Gasteiger partial charge is 0.389 e. The first-order chi connectivity index (χ1) is 16.5. The number of rotatable bonds is 8. The van der Waals surface area contributed by atoms with Crippen LogP contribution in [0.4, 0.5) is 20.3 Å². The van der Waals surface area contributed by atoms with E-state index in [9.17, 15) is 28.5 Å². The van der Waals surface area contributed by atoms with Crippen LogP contribution in [0.5, 0.6) is 0 Å². The van der Waals surface area contributed by atoms with Crippen LogP contribution < -0.4 is 11.1 Å². The van der Waals surface area contributed by atoms with Gasteiger partial charge in [0.15, 0.2) is 0 Å². The van der Waals surface area contributed by atoms with Crippen LogP contribution in [0, 0.1) is 17.0 Å². The van der Waals surface area contributed by atoms with Crippen LogP contribution in [0.2, 0.25) is 0 Å². The van der Waals surface area contributed by atoms with Crippen LogP contribution in [0.3, 0.4) is 0 Å². The topological polar surface area (TPSA) is 164 Å². The summed E-state index contributed by atoms with van der Waals surface area (Å²) < 4.78 is 29.9. The second-order valence-corrected chi connectivity index (χ2v) is 8.54. The van der Waals surface area contributed by atoms with E-state index >= 15 is 0 Å². The van der Waals surface area contributed by atoms with E-state index in [0.717, 1.165) is 11.3 Å². The average Bonchev–Trinajstić information content (AvgIpc) is 3.49. The SMILES string of the molecule is Cc1nn(C)cc1-c1cc(C(F)F)nc2sc(C(N)=O)c(NC(=O)CCn3ccc([N+](=O)[O-])n3)c12. The fraction of sp³-hybridized carbons (Fsp3) is 0.250. The molecule has 2 amide bonds. The Balaban J connectivity index is 1.76. The van der Waals surface area contributed by atoms with Crippen molar-refractivity contribution in [1.29, 1.82) is 0 Å². The van der Waals surface area contributed by atoms with Crippen molar-refractivity contribution in [1.82, 2.24) is 24.5 Å². The van der Waals surface area contributed by atoms with Gasteiger partial charge in [-0.2, -0.15) is 9.78 Å². The molecule has 4 aromatic heterocycles. The van der Waals surface area contributed by atoms with Crippen LogP contribution in [0.25, 0.3) is 21.3 Å². The number of hydrogen-bond donors (Lipinski definition) is 2. The van der Waals surface area contributed by atoms with Gasteiger partial charge in [0.25, 0.3) is 12.3 Å². The normalized spacial score (nSPS) is 11.3. The highest BCUT2D eigenvalue weighted by atomic mass is 32.1. The average molecular weight is 504 g/mol. The van der Waals surface area contributed by atoms with Gasteiger partial charge in [0, 0.05) is 30.6 Å². The van der Waals surface area contributed by atoms with Crippen molar-refractivity contribution >= 4 is 44.9 Å². The number of alkyl halides is 2. The number of carbonyl (C=O) groups is 2. The number of nitrogens with one attached hydrogen (secondary N) is 1. The third-order valence-corrected chi connectivity index (χ3v) is 6.18. The molecule has 0 atom stereocenters. The molecule has 0 saturated carbocycles. The van der Waals surface area contributed by atoms with Crippen LogP contribution in [-0.4, -0.2) is 41.3 Å². The van der Waals surface area contributed by atoms with E-state index < -0.39 is 28.9 Å². The van der Waals surface area contributed by atoms with E-state index in [0.29, 0.717) is 16.8 Å². The number of nitro groups is 1. The molecule has 0 saturated heterocycles. The van der Waals surface area contributed by atoms with Crippen molar-refractivity contribution in [2.24, 2.45) is 12.8 Å². The third-order valence-electron chi connectivity index (χ3n) is 5.08. The molecule has 0 aliphatic rings. The molecule has 35 heavy (non-hydrogen) atoms. The molecule has 0 bridgehead atoms. The van der Waals surface area contributed by atoms with Crippen molar-refractivity contribution in [2.45, 2.75) is 26.3 Å². The third kappa shape index (κ3) is 4.70. The molecule has 0 aromatic carbocycles. The zero-order chi connectivity index (χ0) is 25.4. The molecule has 4 aromatic rings. The Morgan fingerprint density at radius 2 is 2.06 bits per heavy atom. The summed E-state index contributed by atoms with van der Waals surface area (Å²) in [5.41, 5.74) is 6.47. The maximum absolute atomic E-state index is 13.6. The Bertz CT molecular complexity index is 1480. The number of anilines is 1. The molecule has 0 fully saturated rings. The molecular formula is C20H18F2N8O4S. The van der Waals surface area contributed by atoms with Gasteiger partial charge in [0.05, 0.1) is 35.3 Å². The zero-order valence-corrected chi connectivity index (χ0v) is 19.2. The number of carbonyl (C=O) groups excluding carboxylic acids is 2. The number of amides is 2. The van der Waals surface area contributed by atoms with Gasteiger partial charge >= 0.3 is 5.82 Å².